The van der Waals surface area contributed by atoms with Crippen LogP contribution < -0.4 is 21.1 Å². The van der Waals surface area contributed by atoms with Crippen LogP contribution in [-0.4, -0.2) is 21.7 Å². The van der Waals surface area contributed by atoms with Gasteiger partial charge in [-0.1, -0.05) is 71.0 Å². The fraction of sp³-hybridized carbons (Fsp3) is 0.0357. The number of hydrogen-bond acceptors (Lipinski definition) is 4. The second-order valence-corrected chi connectivity index (χ2v) is 8.49. The first-order chi connectivity index (χ1) is 16.4. The largest absolute Gasteiger partial charge is 0.453 e. The molecule has 33 heavy (non-hydrogen) atoms. The van der Waals surface area contributed by atoms with Gasteiger partial charge in [-0.05, 0) is 29.3 Å². The predicted octanol–water partition coefficient (Wildman–Crippen LogP) is 3.19. The molecule has 1 spiro atoms. The second-order valence-electron chi connectivity index (χ2n) is 8.49. The van der Waals surface area contributed by atoms with E-state index in [0.29, 0.717) is 0 Å². The van der Waals surface area contributed by atoms with Gasteiger partial charge in [0.2, 0.25) is 6.71 Å². The molecule has 0 unspecified atom stereocenters. The highest BCUT2D eigenvalue weighted by Crippen LogP contribution is 2.54. The first-order valence-electron chi connectivity index (χ1n) is 11.0. The fourth-order valence-electron chi connectivity index (χ4n) is 5.76. The summed E-state index contributed by atoms with van der Waals surface area (Å²) in [5, 5.41) is 0. The van der Waals surface area contributed by atoms with Crippen molar-refractivity contribution >= 4 is 23.1 Å². The van der Waals surface area contributed by atoms with Crippen molar-refractivity contribution in [1.82, 2.24) is 15.0 Å². The minimum Gasteiger partial charge on any atom is -0.453 e. The molecule has 5 heterocycles. The highest BCUT2D eigenvalue weighted by Gasteiger charge is 2.52. The van der Waals surface area contributed by atoms with Crippen molar-refractivity contribution in [3.63, 3.8) is 0 Å². The summed E-state index contributed by atoms with van der Waals surface area (Å²) in [6, 6.07) is 25.8. The van der Waals surface area contributed by atoms with Crippen molar-refractivity contribution in [3.8, 4) is 11.5 Å². The van der Waals surface area contributed by atoms with E-state index in [0.717, 1.165) is 22.6 Å². The zero-order chi connectivity index (χ0) is 21.8. The molecule has 5 aromatic rings. The lowest BCUT2D eigenvalue weighted by Crippen LogP contribution is -2.62. The third kappa shape index (κ3) is 2.39. The molecule has 0 fully saturated rings. The van der Waals surface area contributed by atoms with Gasteiger partial charge < -0.3 is 4.74 Å². The molecule has 4 nitrogen and oxygen atoms in total. The molecule has 7 rings (SSSR count). The van der Waals surface area contributed by atoms with Gasteiger partial charge in [0.15, 0.2) is 11.5 Å². The maximum Gasteiger partial charge on any atom is 0.242 e. The van der Waals surface area contributed by atoms with Crippen molar-refractivity contribution in [2.24, 2.45) is 0 Å². The molecule has 3 aromatic heterocycles. The zero-order valence-corrected chi connectivity index (χ0v) is 17.7. The number of ether oxygens (including phenoxy) is 1. The number of pyridine rings is 3. The first kappa shape index (κ1) is 18.3. The van der Waals surface area contributed by atoms with E-state index < -0.39 is 5.41 Å². The Labute approximate surface area is 192 Å². The Bertz CT molecular complexity index is 1420. The van der Waals surface area contributed by atoms with Gasteiger partial charge in [-0.15, -0.1) is 0 Å². The number of rotatable bonds is 1. The van der Waals surface area contributed by atoms with Gasteiger partial charge in [-0.3, -0.25) is 15.0 Å². The molecular weight excluding hydrogens is 405 g/mol. The Morgan fingerprint density at radius 3 is 1.91 bits per heavy atom. The van der Waals surface area contributed by atoms with Gasteiger partial charge in [-0.25, -0.2) is 0 Å². The highest BCUT2D eigenvalue weighted by molar-refractivity contribution is 6.96. The fourth-order valence-corrected chi connectivity index (χ4v) is 5.76. The van der Waals surface area contributed by atoms with Crippen LogP contribution in [0.15, 0.2) is 110 Å². The SMILES string of the molecule is c1ccc(B2c3ccccc3C3(c4ccncc4Oc4cnccc43)c3cnccc32)cc1. The first-order valence-corrected chi connectivity index (χ1v) is 11.0. The summed E-state index contributed by atoms with van der Waals surface area (Å²) in [6.45, 7) is 0.115. The lowest BCUT2D eigenvalue weighted by Gasteiger charge is -2.46. The number of aromatic nitrogens is 3. The highest BCUT2D eigenvalue weighted by atomic mass is 16.5. The van der Waals surface area contributed by atoms with E-state index in [1.165, 1.54) is 27.5 Å². The average Bonchev–Trinajstić information content (AvgIpc) is 2.89. The van der Waals surface area contributed by atoms with Crippen LogP contribution in [0.3, 0.4) is 0 Å². The molecule has 154 valence electrons. The molecule has 0 saturated carbocycles. The van der Waals surface area contributed by atoms with Crippen LogP contribution in [0.5, 0.6) is 11.5 Å². The van der Waals surface area contributed by atoms with Gasteiger partial charge in [0.05, 0.1) is 17.8 Å². The Kier molecular flexibility index (Phi) is 3.82. The lowest BCUT2D eigenvalue weighted by atomic mass is 9.30. The minimum absolute atomic E-state index is 0.115. The molecule has 0 atom stereocenters. The molecule has 2 aliphatic rings. The van der Waals surface area contributed by atoms with Gasteiger partial charge in [0.1, 0.15) is 0 Å². The summed E-state index contributed by atoms with van der Waals surface area (Å²) in [4.78, 5) is 13.3. The normalized spacial score (nSPS) is 14.5. The van der Waals surface area contributed by atoms with Crippen LogP contribution in [0, 0.1) is 0 Å². The summed E-state index contributed by atoms with van der Waals surface area (Å²) in [5.74, 6) is 1.50. The third-order valence-electron chi connectivity index (χ3n) is 6.98. The second kappa shape index (κ2) is 6.88. The van der Waals surface area contributed by atoms with E-state index in [9.17, 15) is 0 Å². The Balaban J connectivity index is 1.67. The smallest absolute Gasteiger partial charge is 0.242 e. The molecular formula is C28H18BN3O. The van der Waals surface area contributed by atoms with Crippen LogP contribution in [0.25, 0.3) is 0 Å². The molecule has 2 aromatic carbocycles. The summed E-state index contributed by atoms with van der Waals surface area (Å²) >= 11 is 0. The Morgan fingerprint density at radius 1 is 0.545 bits per heavy atom. The maximum atomic E-state index is 6.30. The summed E-state index contributed by atoms with van der Waals surface area (Å²) in [5.41, 5.74) is 7.79. The maximum absolute atomic E-state index is 6.30. The van der Waals surface area contributed by atoms with Crippen molar-refractivity contribution in [3.05, 3.63) is 132 Å². The molecule has 0 bridgehead atoms. The van der Waals surface area contributed by atoms with Crippen LogP contribution >= 0.6 is 0 Å². The molecule has 0 radical (unpaired) electrons. The van der Waals surface area contributed by atoms with E-state index in [-0.39, 0.29) is 6.71 Å². The summed E-state index contributed by atoms with van der Waals surface area (Å²) in [7, 11) is 0. The standard InChI is InChI=1S/C28H18BN3O/c1-2-6-19(7-3-1)29-24-9-5-4-8-20(24)28(23-16-30-15-12-25(23)29)21-10-13-31-17-26(21)33-27-18-32-14-11-22(27)28/h1-18H. The third-order valence-corrected chi connectivity index (χ3v) is 6.98. The van der Waals surface area contributed by atoms with Crippen LogP contribution in [0.1, 0.15) is 22.3 Å². The summed E-state index contributed by atoms with van der Waals surface area (Å²) in [6.07, 6.45) is 11.2. The average molecular weight is 423 g/mol. The molecule has 0 amide bonds. The predicted molar refractivity (Wildman–Crippen MR) is 129 cm³/mol. The number of hydrogen-bond donors (Lipinski definition) is 0. The molecule has 0 aliphatic carbocycles. The molecule has 5 heteroatoms. The van der Waals surface area contributed by atoms with Gasteiger partial charge in [0.25, 0.3) is 0 Å². The van der Waals surface area contributed by atoms with E-state index in [2.05, 4.69) is 87.7 Å². The quantitative estimate of drug-likeness (QED) is 0.381. The Morgan fingerprint density at radius 2 is 1.15 bits per heavy atom. The molecule has 0 N–H and O–H groups in total. The van der Waals surface area contributed by atoms with E-state index in [1.807, 2.05) is 24.8 Å². The van der Waals surface area contributed by atoms with Gasteiger partial charge in [-0.2, -0.15) is 0 Å². The van der Waals surface area contributed by atoms with Crippen LogP contribution in [-0.2, 0) is 5.41 Å². The van der Waals surface area contributed by atoms with Crippen molar-refractivity contribution < 1.29 is 4.74 Å². The molecule has 0 saturated heterocycles. The number of benzene rings is 2. The monoisotopic (exact) mass is 423 g/mol. The van der Waals surface area contributed by atoms with Gasteiger partial charge >= 0.3 is 0 Å². The van der Waals surface area contributed by atoms with Crippen molar-refractivity contribution in [2.75, 3.05) is 0 Å². The zero-order valence-electron chi connectivity index (χ0n) is 17.7. The number of fused-ring (bicyclic) bond motifs is 8. The Hall–Kier alpha value is -4.25. The molecule has 2 aliphatic heterocycles. The number of nitrogens with zero attached hydrogens (tertiary/aromatic N) is 3. The van der Waals surface area contributed by atoms with E-state index in [4.69, 9.17) is 4.74 Å². The van der Waals surface area contributed by atoms with Crippen molar-refractivity contribution in [2.45, 2.75) is 5.41 Å². The minimum atomic E-state index is -0.569. The lowest BCUT2D eigenvalue weighted by molar-refractivity contribution is 0.430. The van der Waals surface area contributed by atoms with Crippen LogP contribution in [0.4, 0.5) is 0 Å². The van der Waals surface area contributed by atoms with E-state index in [1.54, 1.807) is 12.4 Å². The van der Waals surface area contributed by atoms with Crippen molar-refractivity contribution in [1.29, 1.82) is 0 Å². The van der Waals surface area contributed by atoms with Gasteiger partial charge in [0, 0.05) is 35.9 Å². The van der Waals surface area contributed by atoms with E-state index >= 15 is 0 Å². The summed E-state index contributed by atoms with van der Waals surface area (Å²) < 4.78 is 6.30. The topological polar surface area (TPSA) is 47.9 Å². The van der Waals surface area contributed by atoms with Crippen LogP contribution in [0.2, 0.25) is 0 Å².